The summed E-state index contributed by atoms with van der Waals surface area (Å²) >= 11 is 7.38. The Hall–Kier alpha value is -3.75. The molecular weight excluding hydrogens is 476 g/mol. The molecule has 0 aliphatic rings. The number of aromatic hydroxyl groups is 2. The molecule has 2 N–H and O–H groups in total. The Morgan fingerprint density at radius 1 is 1.12 bits per heavy atom. The van der Waals surface area contributed by atoms with Gasteiger partial charge in [0, 0.05) is 5.02 Å². The van der Waals surface area contributed by atoms with Crippen LogP contribution in [0, 0.1) is 13.8 Å². The van der Waals surface area contributed by atoms with E-state index >= 15 is 0 Å². The first-order valence-corrected chi connectivity index (χ1v) is 11.5. The summed E-state index contributed by atoms with van der Waals surface area (Å²) in [5.41, 5.74) is 1.79. The summed E-state index contributed by atoms with van der Waals surface area (Å²) in [5.74, 6) is 0.151. The molecule has 3 aromatic heterocycles. The van der Waals surface area contributed by atoms with Crippen molar-refractivity contribution < 1.29 is 24.2 Å². The number of nitrogens with zero attached hydrogens (tertiary/aromatic N) is 2. The van der Waals surface area contributed by atoms with Gasteiger partial charge < -0.3 is 19.4 Å². The van der Waals surface area contributed by atoms with Crippen molar-refractivity contribution in [3.63, 3.8) is 0 Å². The summed E-state index contributed by atoms with van der Waals surface area (Å²) in [6.07, 6.45) is 0. The van der Waals surface area contributed by atoms with E-state index in [2.05, 4.69) is 4.98 Å². The molecule has 0 aliphatic heterocycles. The molecule has 9 heteroatoms. The molecule has 34 heavy (non-hydrogen) atoms. The lowest BCUT2D eigenvalue weighted by molar-refractivity contribution is 0.103. The van der Waals surface area contributed by atoms with Crippen LogP contribution in [0.5, 0.6) is 17.4 Å². The molecule has 0 bridgehead atoms. The quantitative estimate of drug-likeness (QED) is 0.279. The molecule has 7 nitrogen and oxygen atoms in total. The smallest absolute Gasteiger partial charge is 0.242 e. The molecular formula is C25H19ClN2O5S. The van der Waals surface area contributed by atoms with Gasteiger partial charge in [0.2, 0.25) is 11.7 Å². The zero-order valence-corrected chi connectivity index (χ0v) is 20.0. The van der Waals surface area contributed by atoms with E-state index in [4.69, 9.17) is 20.8 Å². The summed E-state index contributed by atoms with van der Waals surface area (Å²) in [7, 11) is 1.58. The highest BCUT2D eigenvalue weighted by Crippen LogP contribution is 2.45. The first-order chi connectivity index (χ1) is 16.3. The van der Waals surface area contributed by atoms with E-state index < -0.39 is 17.4 Å². The van der Waals surface area contributed by atoms with Crippen molar-refractivity contribution in [3.8, 4) is 33.8 Å². The maximum absolute atomic E-state index is 13.6. The van der Waals surface area contributed by atoms with Crippen molar-refractivity contribution in [2.45, 2.75) is 13.8 Å². The van der Waals surface area contributed by atoms with Crippen LogP contribution in [0.3, 0.4) is 0 Å². The summed E-state index contributed by atoms with van der Waals surface area (Å²) in [6.45, 7) is 3.42. The van der Waals surface area contributed by atoms with E-state index in [1.165, 1.54) is 15.9 Å². The molecule has 5 rings (SSSR count). The van der Waals surface area contributed by atoms with Gasteiger partial charge in [-0.2, -0.15) is 0 Å². The number of fused-ring (bicyclic) bond motifs is 1. The second-order valence-corrected chi connectivity index (χ2v) is 9.17. The van der Waals surface area contributed by atoms with Gasteiger partial charge in [0.25, 0.3) is 0 Å². The van der Waals surface area contributed by atoms with Crippen LogP contribution in [-0.2, 0) is 0 Å². The molecule has 0 unspecified atom stereocenters. The maximum atomic E-state index is 13.6. The predicted octanol–water partition coefficient (Wildman–Crippen LogP) is 6.27. The van der Waals surface area contributed by atoms with Gasteiger partial charge in [-0.15, -0.1) is 0 Å². The minimum Gasteiger partial charge on any atom is -0.503 e. The molecule has 5 aromatic rings. The number of carbonyl (C=O) groups excluding carboxylic acids is 1. The molecule has 0 fully saturated rings. The van der Waals surface area contributed by atoms with E-state index in [0.717, 1.165) is 4.70 Å². The Morgan fingerprint density at radius 3 is 2.50 bits per heavy atom. The van der Waals surface area contributed by atoms with Gasteiger partial charge in [-0.1, -0.05) is 35.1 Å². The fraction of sp³-hybridized carbons (Fsp3) is 0.120. The lowest BCUT2D eigenvalue weighted by Gasteiger charge is -2.09. The lowest BCUT2D eigenvalue weighted by atomic mass is 9.99. The number of ketones is 1. The normalized spacial score (nSPS) is 11.3. The van der Waals surface area contributed by atoms with E-state index in [1.807, 2.05) is 6.07 Å². The maximum Gasteiger partial charge on any atom is 0.242 e. The number of ether oxygens (including phenoxy) is 1. The van der Waals surface area contributed by atoms with Crippen molar-refractivity contribution in [2.24, 2.45) is 0 Å². The predicted molar refractivity (Wildman–Crippen MR) is 131 cm³/mol. The van der Waals surface area contributed by atoms with Gasteiger partial charge in [0.1, 0.15) is 17.3 Å². The Labute approximate surface area is 203 Å². The molecule has 3 heterocycles. The highest BCUT2D eigenvalue weighted by atomic mass is 35.5. The zero-order valence-electron chi connectivity index (χ0n) is 18.4. The van der Waals surface area contributed by atoms with Gasteiger partial charge in [-0.05, 0) is 55.8 Å². The fourth-order valence-corrected chi connectivity index (χ4v) is 5.07. The average molecular weight is 495 g/mol. The molecule has 2 aromatic carbocycles. The molecule has 0 atom stereocenters. The number of benzene rings is 2. The summed E-state index contributed by atoms with van der Waals surface area (Å²) < 4.78 is 13.0. The van der Waals surface area contributed by atoms with Crippen molar-refractivity contribution in [1.82, 2.24) is 9.55 Å². The number of furan rings is 1. The van der Waals surface area contributed by atoms with Crippen LogP contribution in [0.25, 0.3) is 26.6 Å². The number of hydrogen-bond acceptors (Lipinski definition) is 7. The van der Waals surface area contributed by atoms with E-state index in [9.17, 15) is 15.0 Å². The Bertz CT molecular complexity index is 1560. The molecule has 0 spiro atoms. The van der Waals surface area contributed by atoms with Crippen LogP contribution in [0.4, 0.5) is 0 Å². The first-order valence-electron chi connectivity index (χ1n) is 10.3. The number of carbonyl (C=O) groups is 1. The Balaban J connectivity index is 1.80. The lowest BCUT2D eigenvalue weighted by Crippen LogP contribution is -2.05. The van der Waals surface area contributed by atoms with Crippen molar-refractivity contribution in [3.05, 3.63) is 76.2 Å². The second-order valence-electron chi connectivity index (χ2n) is 7.72. The largest absolute Gasteiger partial charge is 0.503 e. The van der Waals surface area contributed by atoms with Crippen LogP contribution in [0.2, 0.25) is 5.02 Å². The molecule has 0 amide bonds. The number of rotatable bonds is 5. The number of aromatic nitrogens is 2. The number of aryl methyl sites for hydroxylation is 2. The molecule has 0 saturated carbocycles. The van der Waals surface area contributed by atoms with Gasteiger partial charge in [-0.25, -0.2) is 4.98 Å². The summed E-state index contributed by atoms with van der Waals surface area (Å²) in [6, 6.07) is 13.8. The summed E-state index contributed by atoms with van der Waals surface area (Å²) in [5, 5.41) is 22.9. The average Bonchev–Trinajstić information content (AvgIpc) is 3.46. The molecule has 0 saturated heterocycles. The molecule has 0 aliphatic carbocycles. The van der Waals surface area contributed by atoms with Gasteiger partial charge in [0.05, 0.1) is 34.1 Å². The SMILES string of the molecule is COc1ccc2nc(-n3c(O)c(O)c(C(=O)c4cc(C)oc4C)c3-c3ccc(Cl)cc3)sc2c1. The third kappa shape index (κ3) is 3.52. The van der Waals surface area contributed by atoms with E-state index in [-0.39, 0.29) is 5.56 Å². The molecule has 172 valence electrons. The fourth-order valence-electron chi connectivity index (χ4n) is 3.94. The topological polar surface area (TPSA) is 97.7 Å². The van der Waals surface area contributed by atoms with Crippen molar-refractivity contribution in [2.75, 3.05) is 7.11 Å². The number of thiazole rings is 1. The number of methoxy groups -OCH3 is 1. The van der Waals surface area contributed by atoms with Crippen molar-refractivity contribution >= 4 is 38.9 Å². The van der Waals surface area contributed by atoms with Crippen LogP contribution in [0.1, 0.15) is 27.4 Å². The van der Waals surface area contributed by atoms with E-state index in [0.29, 0.717) is 49.8 Å². The van der Waals surface area contributed by atoms with E-state index in [1.54, 1.807) is 63.4 Å². The highest BCUT2D eigenvalue weighted by Gasteiger charge is 2.32. The Kier molecular flexibility index (Phi) is 5.34. The number of hydrogen-bond donors (Lipinski definition) is 2. The minimum absolute atomic E-state index is 0.0550. The van der Waals surface area contributed by atoms with Crippen LogP contribution >= 0.6 is 22.9 Å². The highest BCUT2D eigenvalue weighted by molar-refractivity contribution is 7.20. The third-order valence-electron chi connectivity index (χ3n) is 5.53. The minimum atomic E-state index is -0.537. The van der Waals surface area contributed by atoms with Gasteiger partial charge in [-0.3, -0.25) is 9.36 Å². The van der Waals surface area contributed by atoms with Gasteiger partial charge >= 0.3 is 0 Å². The summed E-state index contributed by atoms with van der Waals surface area (Å²) in [4.78, 5) is 18.2. The van der Waals surface area contributed by atoms with Crippen LogP contribution in [-0.4, -0.2) is 32.7 Å². The third-order valence-corrected chi connectivity index (χ3v) is 6.78. The number of halogens is 1. The van der Waals surface area contributed by atoms with Gasteiger partial charge in [0.15, 0.2) is 10.9 Å². The Morgan fingerprint density at radius 2 is 1.85 bits per heavy atom. The molecule has 0 radical (unpaired) electrons. The monoisotopic (exact) mass is 494 g/mol. The van der Waals surface area contributed by atoms with Crippen LogP contribution < -0.4 is 4.74 Å². The second kappa shape index (κ2) is 8.23. The van der Waals surface area contributed by atoms with Crippen LogP contribution in [0.15, 0.2) is 52.9 Å². The standard InChI is InChI=1S/C25H19ClN2O5S/c1-12-10-17(13(2)33-12)22(29)20-21(14-4-6-15(26)7-5-14)28(24(31)23(20)30)25-27-18-9-8-16(32-3)11-19(18)34-25/h4-11,30-31H,1-3H3. The van der Waals surface area contributed by atoms with Crippen molar-refractivity contribution in [1.29, 1.82) is 0 Å². The first kappa shape index (κ1) is 22.1. The zero-order chi connectivity index (χ0) is 24.1.